The van der Waals surface area contributed by atoms with Crippen LogP contribution in [-0.2, 0) is 19.4 Å². The number of hydrogen-bond acceptors (Lipinski definition) is 4. The molecule has 0 aromatic rings. The van der Waals surface area contributed by atoms with Crippen LogP contribution in [0, 0.1) is 0 Å². The minimum absolute atomic E-state index is 0.149. The van der Waals surface area contributed by atoms with E-state index in [2.05, 4.69) is 6.92 Å². The van der Waals surface area contributed by atoms with Crippen molar-refractivity contribution in [3.63, 3.8) is 0 Å². The van der Waals surface area contributed by atoms with Gasteiger partial charge in [-0.15, -0.1) is 0 Å². The number of aliphatic carboxylic acids is 2. The molecule has 0 fully saturated rings. The summed E-state index contributed by atoms with van der Waals surface area (Å²) < 4.78 is 0. The lowest BCUT2D eigenvalue weighted by atomic mass is 10.0. The highest BCUT2D eigenvalue weighted by Gasteiger charge is 2.25. The van der Waals surface area contributed by atoms with Crippen LogP contribution >= 0.6 is 0 Å². The van der Waals surface area contributed by atoms with Crippen LogP contribution in [0.4, 0.5) is 0 Å². The molecule has 0 saturated carbocycles. The molecular weight excluding hydrogens is 288 g/mol. The molecule has 0 aromatic heterocycles. The van der Waals surface area contributed by atoms with E-state index in [0.717, 1.165) is 32.1 Å². The minimum atomic E-state index is -1.44. The van der Waals surface area contributed by atoms with Crippen LogP contribution in [-0.4, -0.2) is 27.8 Å². The summed E-state index contributed by atoms with van der Waals surface area (Å²) in [5.74, 6) is -3.37. The summed E-state index contributed by atoms with van der Waals surface area (Å²) in [6.07, 6.45) is 6.05. The molecule has 0 aliphatic carbocycles. The largest absolute Gasteiger partial charge is 0.478 e. The average molecular weight is 316 g/mol. The van der Waals surface area contributed by atoms with Gasteiger partial charge in [0.2, 0.25) is 0 Å². The third-order valence-corrected chi connectivity index (χ3v) is 2.88. The Morgan fingerprint density at radius 3 is 1.91 bits per heavy atom. The summed E-state index contributed by atoms with van der Waals surface area (Å²) in [5, 5.41) is 18.3. The molecule has 22 heavy (non-hydrogen) atoms. The number of unbranched alkanes of at least 4 members (excludes halogenated alkanes) is 5. The van der Waals surface area contributed by atoms with E-state index >= 15 is 0 Å². The Balaban J connectivity index is 4.73. The second-order valence-corrected chi connectivity index (χ2v) is 6.21. The second-order valence-electron chi connectivity index (χ2n) is 6.21. The molecule has 0 rings (SSSR count). The lowest BCUT2D eigenvalue weighted by Crippen LogP contribution is -2.23. The first-order valence-electron chi connectivity index (χ1n) is 7.74. The van der Waals surface area contributed by atoms with E-state index in [1.165, 1.54) is 0 Å². The van der Waals surface area contributed by atoms with Crippen molar-refractivity contribution in [3.05, 3.63) is 11.3 Å². The molecule has 2 N–H and O–H groups in total. The van der Waals surface area contributed by atoms with Gasteiger partial charge in [0.25, 0.3) is 5.76 Å². The van der Waals surface area contributed by atoms with Gasteiger partial charge in [0.1, 0.15) is 5.60 Å². The van der Waals surface area contributed by atoms with Gasteiger partial charge < -0.3 is 15.1 Å². The van der Waals surface area contributed by atoms with Crippen molar-refractivity contribution in [2.24, 2.45) is 0 Å². The van der Waals surface area contributed by atoms with Crippen LogP contribution in [0.3, 0.4) is 0 Å². The number of carboxylic acids is 2. The van der Waals surface area contributed by atoms with E-state index in [1.54, 1.807) is 20.8 Å². The van der Waals surface area contributed by atoms with Gasteiger partial charge in [0.05, 0.1) is 5.57 Å². The summed E-state index contributed by atoms with van der Waals surface area (Å²) in [6.45, 7) is 7.17. The first kappa shape index (κ1) is 20.4. The molecule has 0 aliphatic heterocycles. The molecule has 0 unspecified atom stereocenters. The molecule has 0 spiro atoms. The van der Waals surface area contributed by atoms with Crippen LogP contribution in [0.25, 0.3) is 0 Å². The first-order valence-corrected chi connectivity index (χ1v) is 7.74. The van der Waals surface area contributed by atoms with Crippen molar-refractivity contribution in [2.75, 3.05) is 0 Å². The predicted octanol–water partition coefficient (Wildman–Crippen LogP) is 3.91. The highest BCUT2D eigenvalue weighted by Crippen LogP contribution is 2.19. The topological polar surface area (TPSA) is 93.1 Å². The third-order valence-electron chi connectivity index (χ3n) is 2.88. The van der Waals surface area contributed by atoms with Crippen molar-refractivity contribution in [2.45, 2.75) is 78.2 Å². The Hall–Kier alpha value is -1.56. The van der Waals surface area contributed by atoms with E-state index < -0.39 is 23.3 Å². The minimum Gasteiger partial charge on any atom is -0.478 e. The fourth-order valence-corrected chi connectivity index (χ4v) is 1.78. The van der Waals surface area contributed by atoms with Gasteiger partial charge in [-0.05, 0) is 33.6 Å². The molecule has 6 nitrogen and oxygen atoms in total. The molecule has 0 bridgehead atoms. The Morgan fingerprint density at radius 1 is 0.909 bits per heavy atom. The van der Waals surface area contributed by atoms with Crippen molar-refractivity contribution < 1.29 is 29.6 Å². The maximum atomic E-state index is 11.3. The Morgan fingerprint density at radius 2 is 1.45 bits per heavy atom. The van der Waals surface area contributed by atoms with Crippen LogP contribution < -0.4 is 0 Å². The molecule has 0 aliphatic rings. The average Bonchev–Trinajstić information content (AvgIpc) is 2.38. The van der Waals surface area contributed by atoms with Crippen LogP contribution in [0.5, 0.6) is 0 Å². The predicted molar refractivity (Wildman–Crippen MR) is 82.2 cm³/mol. The summed E-state index contributed by atoms with van der Waals surface area (Å²) >= 11 is 0. The Kier molecular flexibility index (Phi) is 9.49. The fourth-order valence-electron chi connectivity index (χ4n) is 1.78. The lowest BCUT2D eigenvalue weighted by molar-refractivity contribution is -0.321. The Bertz CT molecular complexity index is 392. The molecule has 0 atom stereocenters. The van der Waals surface area contributed by atoms with Gasteiger partial charge in [-0.3, -0.25) is 0 Å². The van der Waals surface area contributed by atoms with Gasteiger partial charge in [-0.25, -0.2) is 9.59 Å². The summed E-state index contributed by atoms with van der Waals surface area (Å²) in [5.41, 5.74) is -0.989. The van der Waals surface area contributed by atoms with Gasteiger partial charge in [0, 0.05) is 0 Å². The van der Waals surface area contributed by atoms with Gasteiger partial charge >= 0.3 is 11.9 Å². The maximum Gasteiger partial charge on any atom is 0.375 e. The van der Waals surface area contributed by atoms with Crippen molar-refractivity contribution >= 4 is 11.9 Å². The van der Waals surface area contributed by atoms with Gasteiger partial charge in [0.15, 0.2) is 0 Å². The van der Waals surface area contributed by atoms with E-state index in [1.807, 2.05) is 0 Å². The van der Waals surface area contributed by atoms with Gasteiger partial charge in [-0.1, -0.05) is 39.0 Å². The zero-order chi connectivity index (χ0) is 17.2. The number of rotatable bonds is 11. The fraction of sp³-hybridized carbons (Fsp3) is 0.750. The summed E-state index contributed by atoms with van der Waals surface area (Å²) in [4.78, 5) is 32.2. The highest BCUT2D eigenvalue weighted by molar-refractivity contribution is 5.97. The second kappa shape index (κ2) is 10.2. The first-order chi connectivity index (χ1) is 10.2. The van der Waals surface area contributed by atoms with E-state index in [-0.39, 0.29) is 12.0 Å². The molecule has 0 saturated heterocycles. The van der Waals surface area contributed by atoms with E-state index in [9.17, 15) is 14.7 Å². The molecule has 0 radical (unpaired) electrons. The van der Waals surface area contributed by atoms with Crippen LogP contribution in [0.2, 0.25) is 0 Å². The third kappa shape index (κ3) is 9.39. The molecular formula is C16H28O6. The Labute approximate surface area is 132 Å². The van der Waals surface area contributed by atoms with Crippen molar-refractivity contribution in [1.82, 2.24) is 0 Å². The molecule has 0 heterocycles. The zero-order valence-corrected chi connectivity index (χ0v) is 14.0. The standard InChI is InChI=1S/C16H28O6/c1-5-6-7-8-9-10-11-12(14(17)18)13(15(19)20)21-22-16(2,3)4/h5-11H2,1-4H3,(H,17,18)(H,19,20)/b13-12-. The number of carbonyl (C=O) groups is 2. The monoisotopic (exact) mass is 316 g/mol. The SMILES string of the molecule is CCCCCCCC/C(C(=O)O)=C(/OOC(C)(C)C)C(=O)O. The van der Waals surface area contributed by atoms with Crippen LogP contribution in [0.1, 0.15) is 72.6 Å². The van der Waals surface area contributed by atoms with Crippen molar-refractivity contribution in [3.8, 4) is 0 Å². The zero-order valence-electron chi connectivity index (χ0n) is 14.0. The maximum absolute atomic E-state index is 11.3. The summed E-state index contributed by atoms with van der Waals surface area (Å²) in [7, 11) is 0. The van der Waals surface area contributed by atoms with Gasteiger partial charge in [-0.2, -0.15) is 4.89 Å². The smallest absolute Gasteiger partial charge is 0.375 e. The van der Waals surface area contributed by atoms with E-state index in [4.69, 9.17) is 14.9 Å². The normalized spacial score (nSPS) is 12.7. The molecule has 128 valence electrons. The molecule has 0 aromatic carbocycles. The van der Waals surface area contributed by atoms with Crippen molar-refractivity contribution in [1.29, 1.82) is 0 Å². The summed E-state index contributed by atoms with van der Waals surface area (Å²) in [6, 6.07) is 0. The van der Waals surface area contributed by atoms with E-state index in [0.29, 0.717) is 6.42 Å². The number of hydrogen-bond donors (Lipinski definition) is 2. The lowest BCUT2D eigenvalue weighted by Gasteiger charge is -2.18. The molecule has 6 heteroatoms. The quantitative estimate of drug-likeness (QED) is 0.197. The molecule has 0 amide bonds. The van der Waals surface area contributed by atoms with Crippen LogP contribution in [0.15, 0.2) is 11.3 Å². The number of carboxylic acid groups (broad SMARTS) is 2. The highest BCUT2D eigenvalue weighted by atomic mass is 17.2.